The number of hydrogen-bond acceptors (Lipinski definition) is 2. The predicted octanol–water partition coefficient (Wildman–Crippen LogP) is 5.65. The van der Waals surface area contributed by atoms with Crippen LogP contribution in [-0.2, 0) is 4.74 Å². The molecule has 1 saturated heterocycles. The van der Waals surface area contributed by atoms with Crippen molar-refractivity contribution >= 4 is 10.9 Å². The molecule has 0 amide bonds. The molecule has 1 aromatic heterocycles. The lowest BCUT2D eigenvalue weighted by Gasteiger charge is -2.47. The Labute approximate surface area is 176 Å². The summed E-state index contributed by atoms with van der Waals surface area (Å²) in [6.45, 7) is 1.88. The second-order valence-electron chi connectivity index (χ2n) is 7.99. The van der Waals surface area contributed by atoms with Gasteiger partial charge in [-0.25, -0.2) is 4.39 Å². The molecule has 1 fully saturated rings. The van der Waals surface area contributed by atoms with Gasteiger partial charge in [-0.2, -0.15) is 0 Å². The number of aromatic nitrogens is 1. The van der Waals surface area contributed by atoms with E-state index in [1.807, 2.05) is 18.3 Å². The van der Waals surface area contributed by atoms with E-state index in [2.05, 4.69) is 70.1 Å². The fourth-order valence-corrected chi connectivity index (χ4v) is 4.71. The van der Waals surface area contributed by atoms with Gasteiger partial charge in [0.2, 0.25) is 0 Å². The number of ether oxygens (including phenoxy) is 1. The van der Waals surface area contributed by atoms with Crippen molar-refractivity contribution in [2.24, 2.45) is 5.92 Å². The predicted molar refractivity (Wildman–Crippen MR) is 118 cm³/mol. The summed E-state index contributed by atoms with van der Waals surface area (Å²) in [4.78, 5) is 2.51. The summed E-state index contributed by atoms with van der Waals surface area (Å²) in [5, 5.41) is 0.902. The van der Waals surface area contributed by atoms with Gasteiger partial charge >= 0.3 is 0 Å². The van der Waals surface area contributed by atoms with Gasteiger partial charge < -0.3 is 9.30 Å². The fourth-order valence-electron chi connectivity index (χ4n) is 4.71. The van der Waals surface area contributed by atoms with Crippen LogP contribution in [0.15, 0.2) is 91.1 Å². The molecule has 1 atom stereocenters. The van der Waals surface area contributed by atoms with Crippen molar-refractivity contribution in [1.82, 2.24) is 9.47 Å². The third-order valence-electron chi connectivity index (χ3n) is 6.14. The van der Waals surface area contributed by atoms with Crippen LogP contribution in [0.5, 0.6) is 0 Å². The van der Waals surface area contributed by atoms with E-state index in [-0.39, 0.29) is 18.1 Å². The molecule has 1 unspecified atom stereocenters. The normalized spacial score (nSPS) is 16.1. The van der Waals surface area contributed by atoms with Crippen molar-refractivity contribution in [1.29, 1.82) is 0 Å². The Kier molecular flexibility index (Phi) is 5.11. The molecule has 0 aliphatic carbocycles. The van der Waals surface area contributed by atoms with Gasteiger partial charge in [-0.05, 0) is 35.4 Å². The minimum absolute atomic E-state index is 0.0728. The lowest BCUT2D eigenvalue weighted by atomic mass is 9.89. The third-order valence-corrected chi connectivity index (χ3v) is 6.14. The van der Waals surface area contributed by atoms with Crippen LogP contribution in [0.3, 0.4) is 0 Å². The molecule has 0 radical (unpaired) electrons. The number of nitrogens with zero attached hydrogens (tertiary/aromatic N) is 2. The van der Waals surface area contributed by atoms with Crippen LogP contribution in [0.2, 0.25) is 0 Å². The highest BCUT2D eigenvalue weighted by Gasteiger charge is 2.39. The molecular weight excluding hydrogens is 375 g/mol. The van der Waals surface area contributed by atoms with Crippen molar-refractivity contribution < 1.29 is 9.13 Å². The van der Waals surface area contributed by atoms with Crippen LogP contribution in [0.1, 0.15) is 23.4 Å². The van der Waals surface area contributed by atoms with Gasteiger partial charge in [0.25, 0.3) is 0 Å². The van der Waals surface area contributed by atoms with Gasteiger partial charge in [0, 0.05) is 37.7 Å². The van der Waals surface area contributed by atoms with E-state index in [1.54, 1.807) is 13.2 Å². The molecular formula is C26H25FN2O. The Balaban J connectivity index is 1.40. The molecule has 0 saturated carbocycles. The molecule has 3 nitrogen and oxygen atoms in total. The fraction of sp³-hybridized carbons (Fsp3) is 0.231. The number of hydrogen-bond donors (Lipinski definition) is 0. The molecule has 1 aliphatic rings. The van der Waals surface area contributed by atoms with Crippen LogP contribution in [-0.4, -0.2) is 29.7 Å². The Morgan fingerprint density at radius 3 is 2.10 bits per heavy atom. The van der Waals surface area contributed by atoms with Crippen LogP contribution >= 0.6 is 0 Å². The third kappa shape index (κ3) is 3.42. The van der Waals surface area contributed by atoms with Crippen molar-refractivity contribution in [2.45, 2.75) is 12.3 Å². The molecule has 5 rings (SSSR count). The summed E-state index contributed by atoms with van der Waals surface area (Å²) in [6, 6.07) is 28.5. The van der Waals surface area contributed by atoms with Crippen molar-refractivity contribution in [2.75, 3.05) is 20.2 Å². The molecule has 152 valence electrons. The van der Waals surface area contributed by atoms with Crippen LogP contribution < -0.4 is 0 Å². The van der Waals surface area contributed by atoms with Gasteiger partial charge in [-0.3, -0.25) is 4.90 Å². The summed E-state index contributed by atoms with van der Waals surface area (Å²) in [5.41, 5.74) is 3.61. The van der Waals surface area contributed by atoms with E-state index in [4.69, 9.17) is 4.74 Å². The molecule has 4 aromatic rings. The lowest BCUT2D eigenvalue weighted by Crippen LogP contribution is -2.52. The summed E-state index contributed by atoms with van der Waals surface area (Å²) in [7, 11) is 1.76. The Morgan fingerprint density at radius 1 is 0.867 bits per heavy atom. The van der Waals surface area contributed by atoms with E-state index >= 15 is 0 Å². The summed E-state index contributed by atoms with van der Waals surface area (Å²) >= 11 is 0. The maximum atomic E-state index is 13.6. The average molecular weight is 400 g/mol. The second-order valence-corrected chi connectivity index (χ2v) is 7.99. The van der Waals surface area contributed by atoms with Gasteiger partial charge in [-0.1, -0.05) is 60.7 Å². The first-order valence-corrected chi connectivity index (χ1v) is 10.4. The molecule has 4 heteroatoms. The maximum Gasteiger partial charge on any atom is 0.138 e. The van der Waals surface area contributed by atoms with Gasteiger partial charge in [-0.15, -0.1) is 0 Å². The second kappa shape index (κ2) is 8.05. The topological polar surface area (TPSA) is 17.4 Å². The molecule has 0 spiro atoms. The average Bonchev–Trinajstić information content (AvgIpc) is 3.16. The molecule has 0 bridgehead atoms. The van der Waals surface area contributed by atoms with Crippen molar-refractivity contribution in [3.05, 3.63) is 108 Å². The lowest BCUT2D eigenvalue weighted by molar-refractivity contribution is -0.0767. The zero-order valence-electron chi connectivity index (χ0n) is 17.0. The van der Waals surface area contributed by atoms with Gasteiger partial charge in [0.1, 0.15) is 12.0 Å². The Morgan fingerprint density at radius 2 is 1.50 bits per heavy atom. The monoisotopic (exact) mass is 400 g/mol. The highest BCUT2D eigenvalue weighted by molar-refractivity contribution is 5.80. The minimum Gasteiger partial charge on any atom is -0.361 e. The van der Waals surface area contributed by atoms with Crippen LogP contribution in [0.25, 0.3) is 10.9 Å². The number of halogens is 1. The Hall–Kier alpha value is -2.95. The molecule has 3 aromatic carbocycles. The zero-order valence-corrected chi connectivity index (χ0v) is 17.0. The quantitative estimate of drug-likeness (QED) is 0.416. The zero-order chi connectivity index (χ0) is 20.5. The van der Waals surface area contributed by atoms with Crippen LogP contribution in [0, 0.1) is 11.7 Å². The number of methoxy groups -OCH3 is 1. The van der Waals surface area contributed by atoms with Crippen molar-refractivity contribution in [3.63, 3.8) is 0 Å². The number of fused-ring (bicyclic) bond motifs is 1. The highest BCUT2D eigenvalue weighted by atomic mass is 19.1. The minimum atomic E-state index is -0.211. The maximum absolute atomic E-state index is 13.6. The van der Waals surface area contributed by atoms with Gasteiger partial charge in [0.15, 0.2) is 0 Å². The van der Waals surface area contributed by atoms with E-state index in [0.717, 1.165) is 24.0 Å². The first-order chi connectivity index (χ1) is 14.7. The van der Waals surface area contributed by atoms with Crippen molar-refractivity contribution in [3.8, 4) is 0 Å². The first kappa shape index (κ1) is 19.0. The smallest absolute Gasteiger partial charge is 0.138 e. The van der Waals surface area contributed by atoms with Crippen LogP contribution in [0.4, 0.5) is 4.39 Å². The molecule has 2 heterocycles. The standard InChI is InChI=1S/C26H25FN2O/c1-30-26(29-15-14-21-16-23(27)12-13-24(21)29)22-17-28(18-22)25(19-8-4-2-5-9-19)20-10-6-3-7-11-20/h2-16,22,25-26H,17-18H2,1H3. The summed E-state index contributed by atoms with van der Waals surface area (Å²) < 4.78 is 21.6. The largest absolute Gasteiger partial charge is 0.361 e. The first-order valence-electron chi connectivity index (χ1n) is 10.4. The Bertz CT molecular complexity index is 1080. The summed E-state index contributed by atoms with van der Waals surface area (Å²) in [5.74, 6) is 0.156. The number of rotatable bonds is 6. The van der Waals surface area contributed by atoms with E-state index in [0.29, 0.717) is 5.92 Å². The van der Waals surface area contributed by atoms with E-state index < -0.39 is 0 Å². The van der Waals surface area contributed by atoms with E-state index in [9.17, 15) is 4.39 Å². The number of benzene rings is 3. The molecule has 30 heavy (non-hydrogen) atoms. The van der Waals surface area contributed by atoms with E-state index in [1.165, 1.54) is 17.2 Å². The number of likely N-dealkylation sites (tertiary alicyclic amines) is 1. The summed E-state index contributed by atoms with van der Waals surface area (Å²) in [6.07, 6.45) is 1.93. The SMILES string of the molecule is COC(C1CN(C(c2ccccc2)c2ccccc2)C1)n1ccc2cc(F)ccc21. The van der Waals surface area contributed by atoms with Gasteiger partial charge in [0.05, 0.1) is 11.6 Å². The molecule has 0 N–H and O–H groups in total. The highest BCUT2D eigenvalue weighted by Crippen LogP contribution is 2.39. The molecule has 1 aliphatic heterocycles.